The average molecular weight is 227 g/mol. The highest BCUT2D eigenvalue weighted by atomic mass is 35.5. The summed E-state index contributed by atoms with van der Waals surface area (Å²) in [5.41, 5.74) is 0.111. The number of carbonyl (C=O) groups excluding carboxylic acids is 1. The van der Waals surface area contributed by atoms with E-state index in [1.165, 1.54) is 0 Å². The molecule has 0 atom stereocenters. The topological polar surface area (TPSA) is 26.3 Å². The Balaban J connectivity index is 2.83. The quantitative estimate of drug-likeness (QED) is 0.736. The Morgan fingerprint density at radius 2 is 2.00 bits per heavy atom. The van der Waals surface area contributed by atoms with Crippen LogP contribution in [0.15, 0.2) is 24.3 Å². The molecule has 0 aliphatic heterocycles. The maximum atomic E-state index is 11.9. The minimum absolute atomic E-state index is 0.00690. The van der Waals surface area contributed by atoms with Gasteiger partial charge in [-0.2, -0.15) is 0 Å². The van der Waals surface area contributed by atoms with Gasteiger partial charge < -0.3 is 4.74 Å². The maximum Gasteiger partial charge on any atom is 0.167 e. The molecule has 15 heavy (non-hydrogen) atoms. The van der Waals surface area contributed by atoms with Crippen LogP contribution in [-0.2, 0) is 4.74 Å². The second kappa shape index (κ2) is 4.77. The zero-order valence-corrected chi connectivity index (χ0v) is 9.97. The van der Waals surface area contributed by atoms with Gasteiger partial charge in [0.15, 0.2) is 5.78 Å². The fourth-order valence-corrected chi connectivity index (χ4v) is 1.48. The van der Waals surface area contributed by atoms with Crippen LogP contribution in [0.25, 0.3) is 0 Å². The lowest BCUT2D eigenvalue weighted by molar-refractivity contribution is 0.0172. The molecule has 0 aromatic heterocycles. The van der Waals surface area contributed by atoms with Crippen molar-refractivity contribution in [3.63, 3.8) is 0 Å². The van der Waals surface area contributed by atoms with Gasteiger partial charge >= 0.3 is 0 Å². The van der Waals surface area contributed by atoms with Gasteiger partial charge in [0.1, 0.15) is 0 Å². The summed E-state index contributed by atoms with van der Waals surface area (Å²) in [6, 6.07) is 7.06. The number of Topliss-reactive ketones (excluding diaryl/α,β-unsaturated/α-hetero) is 1. The normalized spacial score (nSPS) is 11.5. The number of halogens is 1. The first-order valence-electron chi connectivity index (χ1n) is 4.79. The Morgan fingerprint density at radius 3 is 2.53 bits per heavy atom. The second-order valence-corrected chi connectivity index (χ2v) is 4.45. The van der Waals surface area contributed by atoms with E-state index in [0.29, 0.717) is 17.0 Å². The monoisotopic (exact) mass is 226 g/mol. The SMILES string of the molecule is COC(C)(C)CC(=O)c1ccccc1Cl. The van der Waals surface area contributed by atoms with Crippen LogP contribution >= 0.6 is 11.6 Å². The molecule has 0 aliphatic rings. The van der Waals surface area contributed by atoms with Gasteiger partial charge in [-0.25, -0.2) is 0 Å². The van der Waals surface area contributed by atoms with Crippen molar-refractivity contribution in [2.24, 2.45) is 0 Å². The fourth-order valence-electron chi connectivity index (χ4n) is 1.24. The third-order valence-corrected chi connectivity index (χ3v) is 2.64. The Labute approximate surface area is 95.2 Å². The van der Waals surface area contributed by atoms with E-state index in [4.69, 9.17) is 16.3 Å². The minimum atomic E-state index is -0.448. The van der Waals surface area contributed by atoms with Crippen LogP contribution in [0.2, 0.25) is 5.02 Å². The van der Waals surface area contributed by atoms with Gasteiger partial charge in [-0.15, -0.1) is 0 Å². The van der Waals surface area contributed by atoms with E-state index >= 15 is 0 Å². The second-order valence-electron chi connectivity index (χ2n) is 4.04. The number of methoxy groups -OCH3 is 1. The van der Waals surface area contributed by atoms with E-state index in [1.807, 2.05) is 13.8 Å². The first kappa shape index (κ1) is 12.2. The number of hydrogen-bond donors (Lipinski definition) is 0. The summed E-state index contributed by atoms with van der Waals surface area (Å²) in [7, 11) is 1.60. The van der Waals surface area contributed by atoms with E-state index in [0.717, 1.165) is 0 Å². The number of hydrogen-bond acceptors (Lipinski definition) is 2. The van der Waals surface area contributed by atoms with Gasteiger partial charge in [-0.1, -0.05) is 23.7 Å². The molecule has 0 spiro atoms. The van der Waals surface area contributed by atoms with Crippen molar-refractivity contribution >= 4 is 17.4 Å². The van der Waals surface area contributed by atoms with Crippen molar-refractivity contribution in [3.05, 3.63) is 34.9 Å². The summed E-state index contributed by atoms with van der Waals surface area (Å²) >= 11 is 5.93. The predicted octanol–water partition coefficient (Wildman–Crippen LogP) is 3.34. The molecule has 0 heterocycles. The number of benzene rings is 1. The van der Waals surface area contributed by atoms with E-state index in [-0.39, 0.29) is 5.78 Å². The first-order valence-corrected chi connectivity index (χ1v) is 5.17. The van der Waals surface area contributed by atoms with Gasteiger partial charge in [0, 0.05) is 19.1 Å². The molecule has 3 heteroatoms. The van der Waals surface area contributed by atoms with Crippen molar-refractivity contribution in [2.75, 3.05) is 7.11 Å². The summed E-state index contributed by atoms with van der Waals surface area (Å²) in [5, 5.41) is 0.495. The highest BCUT2D eigenvalue weighted by Gasteiger charge is 2.22. The number of ether oxygens (including phenoxy) is 1. The van der Waals surface area contributed by atoms with Gasteiger partial charge in [0.25, 0.3) is 0 Å². The van der Waals surface area contributed by atoms with Crippen LogP contribution in [0.1, 0.15) is 30.6 Å². The number of rotatable bonds is 4. The van der Waals surface area contributed by atoms with E-state index in [2.05, 4.69) is 0 Å². The van der Waals surface area contributed by atoms with Crippen molar-refractivity contribution in [2.45, 2.75) is 25.9 Å². The lowest BCUT2D eigenvalue weighted by atomic mass is 9.97. The molecule has 0 amide bonds. The molecule has 0 aliphatic carbocycles. The molecule has 0 radical (unpaired) electrons. The van der Waals surface area contributed by atoms with Gasteiger partial charge in [0.05, 0.1) is 10.6 Å². The van der Waals surface area contributed by atoms with Crippen molar-refractivity contribution in [1.29, 1.82) is 0 Å². The number of ketones is 1. The molecule has 1 rings (SSSR count). The van der Waals surface area contributed by atoms with Crippen LogP contribution in [0.4, 0.5) is 0 Å². The molecular formula is C12H15ClO2. The fraction of sp³-hybridized carbons (Fsp3) is 0.417. The Bertz CT molecular complexity index is 358. The number of carbonyl (C=O) groups is 1. The van der Waals surface area contributed by atoms with Gasteiger partial charge in [-0.05, 0) is 26.0 Å². The highest BCUT2D eigenvalue weighted by molar-refractivity contribution is 6.33. The van der Waals surface area contributed by atoms with Crippen molar-refractivity contribution < 1.29 is 9.53 Å². The molecule has 0 unspecified atom stereocenters. The molecule has 0 bridgehead atoms. The molecular weight excluding hydrogens is 212 g/mol. The lowest BCUT2D eigenvalue weighted by Gasteiger charge is -2.21. The average Bonchev–Trinajstić information content (AvgIpc) is 2.17. The first-order chi connectivity index (χ1) is 6.96. The largest absolute Gasteiger partial charge is 0.378 e. The molecule has 0 saturated carbocycles. The van der Waals surface area contributed by atoms with Crippen LogP contribution in [-0.4, -0.2) is 18.5 Å². The minimum Gasteiger partial charge on any atom is -0.378 e. The summed E-state index contributed by atoms with van der Waals surface area (Å²) in [6.45, 7) is 3.75. The van der Waals surface area contributed by atoms with Crippen LogP contribution < -0.4 is 0 Å². The Hall–Kier alpha value is -0.860. The third kappa shape index (κ3) is 3.33. The Kier molecular flexibility index (Phi) is 3.89. The zero-order valence-electron chi connectivity index (χ0n) is 9.21. The van der Waals surface area contributed by atoms with E-state index in [9.17, 15) is 4.79 Å². The summed E-state index contributed by atoms with van der Waals surface area (Å²) in [6.07, 6.45) is 0.327. The van der Waals surface area contributed by atoms with Crippen molar-refractivity contribution in [3.8, 4) is 0 Å². The zero-order chi connectivity index (χ0) is 11.5. The molecule has 0 fully saturated rings. The van der Waals surface area contributed by atoms with E-state index in [1.54, 1.807) is 31.4 Å². The smallest absolute Gasteiger partial charge is 0.167 e. The Morgan fingerprint density at radius 1 is 1.40 bits per heavy atom. The van der Waals surface area contributed by atoms with E-state index < -0.39 is 5.60 Å². The molecule has 0 N–H and O–H groups in total. The molecule has 2 nitrogen and oxygen atoms in total. The molecule has 1 aromatic carbocycles. The molecule has 82 valence electrons. The molecule has 0 saturated heterocycles. The standard InChI is InChI=1S/C12H15ClO2/c1-12(2,15-3)8-11(14)9-6-4-5-7-10(9)13/h4-7H,8H2,1-3H3. The van der Waals surface area contributed by atoms with Gasteiger partial charge in [-0.3, -0.25) is 4.79 Å². The summed E-state index contributed by atoms with van der Waals surface area (Å²) in [5.74, 6) is 0.00690. The van der Waals surface area contributed by atoms with Crippen molar-refractivity contribution in [1.82, 2.24) is 0 Å². The predicted molar refractivity (Wildman–Crippen MR) is 61.5 cm³/mol. The third-order valence-electron chi connectivity index (χ3n) is 2.31. The maximum absolute atomic E-state index is 11.9. The lowest BCUT2D eigenvalue weighted by Crippen LogP contribution is -2.26. The summed E-state index contributed by atoms with van der Waals surface area (Å²) in [4.78, 5) is 11.9. The van der Waals surface area contributed by atoms with Crippen LogP contribution in [0, 0.1) is 0 Å². The van der Waals surface area contributed by atoms with Crippen LogP contribution in [0.3, 0.4) is 0 Å². The van der Waals surface area contributed by atoms with Crippen LogP contribution in [0.5, 0.6) is 0 Å². The van der Waals surface area contributed by atoms with Gasteiger partial charge in [0.2, 0.25) is 0 Å². The molecule has 1 aromatic rings. The highest BCUT2D eigenvalue weighted by Crippen LogP contribution is 2.21. The summed E-state index contributed by atoms with van der Waals surface area (Å²) < 4.78 is 5.21.